The van der Waals surface area contributed by atoms with Gasteiger partial charge in [-0.1, -0.05) is 59.2 Å². The Morgan fingerprint density at radius 2 is 1.68 bits per heavy atom. The Morgan fingerprint density at radius 3 is 2.32 bits per heavy atom. The number of nitrogen functional groups attached to an aromatic ring is 1. The maximum Gasteiger partial charge on any atom is 1.00 e. The van der Waals surface area contributed by atoms with Gasteiger partial charge in [-0.15, -0.1) is 0 Å². The smallest absolute Gasteiger partial charge is 0.386 e. The van der Waals surface area contributed by atoms with Crippen LogP contribution in [0.4, 0.5) is 5.82 Å². The van der Waals surface area contributed by atoms with Gasteiger partial charge in [0.15, 0.2) is 22.8 Å². The molecule has 0 aliphatic carbocycles. The zero-order chi connectivity index (χ0) is 43.6. The van der Waals surface area contributed by atoms with Crippen molar-refractivity contribution in [2.24, 2.45) is 17.3 Å². The standard InChI is InChI=1S/C30H52N7O17P3S.Na/c1-17(2)7-6-8-18(3)29(42)58-12-11-32-20(38)9-10-33-27(41)24(40)30(4,5)14-51-57(48,49)54-56(46,47)50-13-19-23(53-55(43,44)45)22(39)28(52-19)37-16-36-21-25(31)34-15-35-26(21)37;/h15-19,22-24,28,39-40H,6-14H2,1-5H3,(H,32,38)(H,33,41)(H,46,47)(H,48,49)(H2,31,34,35)(H2,43,44,45);/q;+1/t18?,19-,22-,23-,24-,28-;/m0./s1. The number of nitrogens with one attached hydrogen (secondary N) is 2. The number of aliphatic hydroxyl groups excluding tert-OH is 2. The van der Waals surface area contributed by atoms with Crippen molar-refractivity contribution < 1.29 is 110 Å². The fourth-order valence-corrected chi connectivity index (χ4v) is 9.01. The minimum absolute atomic E-state index is 0. The molecule has 8 atom stereocenters. The quantitative estimate of drug-likeness (QED) is 0.0316. The first-order valence-corrected chi connectivity index (χ1v) is 23.4. The number of hydrogen-bond acceptors (Lipinski definition) is 18. The number of amides is 2. The van der Waals surface area contributed by atoms with Gasteiger partial charge < -0.3 is 50.9 Å². The van der Waals surface area contributed by atoms with Crippen LogP contribution in [-0.4, -0.2) is 123 Å². The van der Waals surface area contributed by atoms with Crippen LogP contribution >= 0.6 is 35.2 Å². The number of hydrogen-bond donors (Lipinski definition) is 9. The number of carbonyl (C=O) groups excluding carboxylic acids is 3. The van der Waals surface area contributed by atoms with E-state index in [4.69, 9.17) is 19.5 Å². The Labute approximate surface area is 366 Å². The van der Waals surface area contributed by atoms with Crippen molar-refractivity contribution >= 4 is 69.1 Å². The molecule has 0 aromatic carbocycles. The Bertz CT molecular complexity index is 1870. The number of ether oxygens (including phenoxy) is 1. The topological polar surface area (TPSA) is 364 Å². The second-order valence-corrected chi connectivity index (χ2v) is 19.8. The van der Waals surface area contributed by atoms with Crippen molar-refractivity contribution in [3.63, 3.8) is 0 Å². The van der Waals surface area contributed by atoms with Gasteiger partial charge in [0.25, 0.3) is 0 Å². The monoisotopic (exact) mass is 930 g/mol. The average Bonchev–Trinajstić information content (AvgIpc) is 3.67. The van der Waals surface area contributed by atoms with E-state index in [1.165, 1.54) is 13.8 Å². The SMILES string of the molecule is CC(C)CCCC(C)C(=O)SCCNC(=O)CCNC(=O)[C@H](O)C(C)(C)COP(=O)(O)OP(=O)(O)OC[C@@H]1O[C@H](n2cnc3c(N)ncnc32)[C@@H](O)[C@H]1OP(=O)(O)O.[Na+]. The number of fused-ring (bicyclic) bond motifs is 1. The van der Waals surface area contributed by atoms with E-state index in [1.54, 1.807) is 0 Å². The molecule has 3 unspecified atom stereocenters. The summed E-state index contributed by atoms with van der Waals surface area (Å²) in [5, 5.41) is 26.5. The van der Waals surface area contributed by atoms with Crippen molar-refractivity contribution in [1.29, 1.82) is 0 Å². The number of imidazole rings is 1. The first kappa shape index (κ1) is 53.7. The van der Waals surface area contributed by atoms with E-state index >= 15 is 0 Å². The maximum atomic E-state index is 12.7. The molecule has 3 rings (SSSR count). The third kappa shape index (κ3) is 17.3. The maximum absolute atomic E-state index is 12.7. The zero-order valence-corrected chi connectivity index (χ0v) is 38.8. The fourth-order valence-electron chi connectivity index (χ4n) is 5.37. The van der Waals surface area contributed by atoms with Gasteiger partial charge in [0, 0.05) is 36.6 Å². The van der Waals surface area contributed by atoms with Crippen molar-refractivity contribution in [3.05, 3.63) is 12.7 Å². The minimum Gasteiger partial charge on any atom is -0.386 e. The van der Waals surface area contributed by atoms with Gasteiger partial charge in [-0.05, 0) is 12.3 Å². The molecule has 0 bridgehead atoms. The van der Waals surface area contributed by atoms with E-state index in [-0.39, 0.29) is 77.1 Å². The van der Waals surface area contributed by atoms with Gasteiger partial charge in [0.2, 0.25) is 11.8 Å². The number of phosphoric acid groups is 3. The molecule has 1 aliphatic heterocycles. The molecule has 59 heavy (non-hydrogen) atoms. The summed E-state index contributed by atoms with van der Waals surface area (Å²) in [5.74, 6) is -0.572. The summed E-state index contributed by atoms with van der Waals surface area (Å²) in [6.07, 6.45) is -4.08. The number of carbonyl (C=O) groups is 3. The van der Waals surface area contributed by atoms with E-state index in [0.717, 1.165) is 48.2 Å². The van der Waals surface area contributed by atoms with Crippen molar-refractivity contribution in [1.82, 2.24) is 30.2 Å². The van der Waals surface area contributed by atoms with Gasteiger partial charge in [-0.25, -0.2) is 28.6 Å². The molecule has 10 N–H and O–H groups in total. The summed E-state index contributed by atoms with van der Waals surface area (Å²) in [6.45, 7) is 6.67. The van der Waals surface area contributed by atoms with Gasteiger partial charge in [0.1, 0.15) is 36.3 Å². The first-order chi connectivity index (χ1) is 26.8. The van der Waals surface area contributed by atoms with Crippen LogP contribution in [0, 0.1) is 17.3 Å². The Kier molecular flexibility index (Phi) is 21.2. The number of aliphatic hydroxyl groups is 2. The number of rotatable bonds is 24. The van der Waals surface area contributed by atoms with Gasteiger partial charge >= 0.3 is 53.0 Å². The van der Waals surface area contributed by atoms with Crippen LogP contribution < -0.4 is 45.9 Å². The largest absolute Gasteiger partial charge is 1.00 e. The summed E-state index contributed by atoms with van der Waals surface area (Å²) in [7, 11) is -16.4. The first-order valence-electron chi connectivity index (χ1n) is 17.9. The number of thioether (sulfide) groups is 1. The molecule has 0 spiro atoms. The summed E-state index contributed by atoms with van der Waals surface area (Å²) >= 11 is 1.14. The van der Waals surface area contributed by atoms with Crippen LogP contribution in [0.3, 0.4) is 0 Å². The molecule has 2 aromatic rings. The summed E-state index contributed by atoms with van der Waals surface area (Å²) in [6, 6.07) is 0. The molecule has 1 fully saturated rings. The van der Waals surface area contributed by atoms with E-state index < -0.39 is 84.6 Å². The molecule has 2 aromatic heterocycles. The summed E-state index contributed by atoms with van der Waals surface area (Å²) < 4.78 is 62.2. The van der Waals surface area contributed by atoms with Crippen LogP contribution in [0.2, 0.25) is 0 Å². The van der Waals surface area contributed by atoms with Crippen molar-refractivity contribution in [2.75, 3.05) is 37.8 Å². The van der Waals surface area contributed by atoms with Crippen LogP contribution in [-0.2, 0) is 50.7 Å². The van der Waals surface area contributed by atoms with E-state index in [9.17, 15) is 57.9 Å². The minimum atomic E-state index is -5.57. The van der Waals surface area contributed by atoms with Gasteiger partial charge in [0.05, 0.1) is 19.5 Å². The molecule has 1 aliphatic rings. The normalized spacial score (nSPS) is 21.6. The predicted molar refractivity (Wildman–Crippen MR) is 205 cm³/mol. The third-order valence-electron chi connectivity index (χ3n) is 8.57. The van der Waals surface area contributed by atoms with Crippen molar-refractivity contribution in [3.8, 4) is 0 Å². The predicted octanol–water partition coefficient (Wildman–Crippen LogP) is -1.87. The van der Waals surface area contributed by atoms with Crippen molar-refractivity contribution in [2.45, 2.75) is 90.9 Å². The average molecular weight is 931 g/mol. The molecule has 24 nitrogen and oxygen atoms in total. The van der Waals surface area contributed by atoms with Gasteiger partial charge in [-0.3, -0.25) is 32.5 Å². The molecular weight excluding hydrogens is 878 g/mol. The molecule has 1 saturated heterocycles. The fraction of sp³-hybridized carbons (Fsp3) is 0.733. The molecule has 330 valence electrons. The van der Waals surface area contributed by atoms with Crippen LogP contribution in [0.15, 0.2) is 12.7 Å². The number of nitrogens with zero attached hydrogens (tertiary/aromatic N) is 4. The molecule has 0 saturated carbocycles. The number of nitrogens with two attached hydrogens (primary N) is 1. The van der Waals surface area contributed by atoms with E-state index in [0.29, 0.717) is 11.7 Å². The second kappa shape index (κ2) is 23.3. The van der Waals surface area contributed by atoms with E-state index in [1.807, 2.05) is 6.92 Å². The number of anilines is 1. The van der Waals surface area contributed by atoms with Crippen LogP contribution in [0.25, 0.3) is 11.2 Å². The Morgan fingerprint density at radius 1 is 1.02 bits per heavy atom. The molecular formula is C30H52N7NaO17P3S+. The van der Waals surface area contributed by atoms with Crippen LogP contribution in [0.5, 0.6) is 0 Å². The molecule has 0 radical (unpaired) electrons. The molecule has 29 heteroatoms. The number of phosphoric ester groups is 3. The molecule has 2 amide bonds. The third-order valence-corrected chi connectivity index (χ3v) is 12.8. The molecule has 3 heterocycles. The van der Waals surface area contributed by atoms with Gasteiger partial charge in [-0.2, -0.15) is 4.31 Å². The zero-order valence-electron chi connectivity index (χ0n) is 33.4. The van der Waals surface area contributed by atoms with Crippen LogP contribution in [0.1, 0.15) is 66.5 Å². The Hall–Kier alpha value is -1.44. The Balaban J connectivity index is 0.0000120. The summed E-state index contributed by atoms with van der Waals surface area (Å²) in [4.78, 5) is 88.1. The number of aromatic nitrogens is 4. The second-order valence-electron chi connectivity index (χ2n) is 14.5. The summed E-state index contributed by atoms with van der Waals surface area (Å²) in [5.41, 5.74) is 4.27. The van der Waals surface area contributed by atoms with E-state index in [2.05, 4.69) is 48.3 Å².